The summed E-state index contributed by atoms with van der Waals surface area (Å²) < 4.78 is 34.4. The van der Waals surface area contributed by atoms with Gasteiger partial charge in [-0.15, -0.1) is 0 Å². The van der Waals surface area contributed by atoms with Gasteiger partial charge in [0.1, 0.15) is 13.2 Å². The number of hydrogen-bond donors (Lipinski definition) is 1. The van der Waals surface area contributed by atoms with Crippen molar-refractivity contribution in [2.24, 2.45) is 0 Å². The summed E-state index contributed by atoms with van der Waals surface area (Å²) in [5.41, 5.74) is 1.58. The van der Waals surface area contributed by atoms with Crippen LogP contribution in [0.5, 0.6) is 11.5 Å². The van der Waals surface area contributed by atoms with Gasteiger partial charge in [-0.3, -0.25) is 0 Å². The van der Waals surface area contributed by atoms with Crippen molar-refractivity contribution in [3.63, 3.8) is 0 Å². The summed E-state index contributed by atoms with van der Waals surface area (Å²) in [6.07, 6.45) is 2.95. The summed E-state index contributed by atoms with van der Waals surface area (Å²) in [4.78, 5) is 14.8. The highest BCUT2D eigenvalue weighted by Crippen LogP contribution is 2.38. The largest absolute Gasteiger partial charge is 0.486 e. The summed E-state index contributed by atoms with van der Waals surface area (Å²) in [5.74, 6) is 1.45. The van der Waals surface area contributed by atoms with E-state index in [1.54, 1.807) is 17.0 Å². The molecule has 0 bridgehead atoms. The number of anilines is 1. The minimum absolute atomic E-state index is 0.0360. The fourth-order valence-corrected chi connectivity index (χ4v) is 4.23. The second-order valence-corrected chi connectivity index (χ2v) is 9.00. The minimum atomic E-state index is -3.26. The summed E-state index contributed by atoms with van der Waals surface area (Å²) in [6.45, 7) is 1.73. The number of nitrogens with one attached hydrogen (secondary N) is 1. The third-order valence-corrected chi connectivity index (χ3v) is 6.13. The van der Waals surface area contributed by atoms with Gasteiger partial charge in [0.25, 0.3) is 0 Å². The number of carbonyl (C=O) groups is 1. The molecule has 0 spiro atoms. The van der Waals surface area contributed by atoms with E-state index in [1.165, 1.54) is 12.1 Å². The molecule has 8 heteroatoms. The van der Waals surface area contributed by atoms with Crippen molar-refractivity contribution < 1.29 is 22.7 Å². The van der Waals surface area contributed by atoms with Gasteiger partial charge in [-0.2, -0.15) is 0 Å². The molecule has 2 aromatic rings. The lowest BCUT2D eigenvalue weighted by molar-refractivity contribution is 0.170. The van der Waals surface area contributed by atoms with E-state index in [9.17, 15) is 13.2 Å². The Morgan fingerprint density at radius 3 is 2.50 bits per heavy atom. The molecule has 0 unspecified atom stereocenters. The first-order valence-corrected chi connectivity index (χ1v) is 11.1. The molecule has 0 saturated carbocycles. The number of sulfone groups is 1. The van der Waals surface area contributed by atoms with Gasteiger partial charge in [0.05, 0.1) is 10.9 Å². The van der Waals surface area contributed by atoms with Crippen LogP contribution < -0.4 is 14.8 Å². The molecule has 148 valence electrons. The Morgan fingerprint density at radius 1 is 1.07 bits per heavy atom. The van der Waals surface area contributed by atoms with Gasteiger partial charge in [0.15, 0.2) is 21.3 Å². The quantitative estimate of drug-likeness (QED) is 0.852. The van der Waals surface area contributed by atoms with Gasteiger partial charge in [-0.25, -0.2) is 13.2 Å². The van der Waals surface area contributed by atoms with Crippen molar-refractivity contribution in [3.8, 4) is 11.5 Å². The number of likely N-dealkylation sites (tertiary alicyclic amines) is 1. The predicted molar refractivity (Wildman–Crippen MR) is 105 cm³/mol. The van der Waals surface area contributed by atoms with Gasteiger partial charge < -0.3 is 19.7 Å². The Morgan fingerprint density at radius 2 is 1.79 bits per heavy atom. The van der Waals surface area contributed by atoms with E-state index in [1.807, 2.05) is 18.2 Å². The molecule has 7 nitrogen and oxygen atoms in total. The molecule has 2 heterocycles. The maximum Gasteiger partial charge on any atom is 0.322 e. The van der Waals surface area contributed by atoms with Gasteiger partial charge in [-0.1, -0.05) is 6.07 Å². The maximum absolute atomic E-state index is 12.8. The summed E-state index contributed by atoms with van der Waals surface area (Å²) in [5, 5.41) is 2.86. The second-order valence-electron chi connectivity index (χ2n) is 6.98. The average Bonchev–Trinajstić information content (AvgIpc) is 3.17. The Balaban J connectivity index is 1.49. The molecular weight excluding hydrogens is 380 g/mol. The van der Waals surface area contributed by atoms with Crippen molar-refractivity contribution in [1.29, 1.82) is 0 Å². The highest BCUT2D eigenvalue weighted by atomic mass is 32.2. The zero-order valence-corrected chi connectivity index (χ0v) is 16.4. The molecule has 1 atom stereocenters. The number of benzene rings is 2. The lowest BCUT2D eigenvalue weighted by Crippen LogP contribution is -2.34. The molecule has 1 N–H and O–H groups in total. The SMILES string of the molecule is CS(=O)(=O)c1ccc(NC(=O)N2CCC[C@H]2c2ccc3c(c2)OCCO3)cc1. The maximum atomic E-state index is 12.8. The fraction of sp³-hybridized carbons (Fsp3) is 0.350. The number of amides is 2. The minimum Gasteiger partial charge on any atom is -0.486 e. The summed E-state index contributed by atoms with van der Waals surface area (Å²) >= 11 is 0. The number of hydrogen-bond acceptors (Lipinski definition) is 5. The number of rotatable bonds is 3. The van der Waals surface area contributed by atoms with E-state index in [-0.39, 0.29) is 17.0 Å². The third kappa shape index (κ3) is 3.77. The molecule has 2 aliphatic rings. The van der Waals surface area contributed by atoms with Gasteiger partial charge in [-0.05, 0) is 54.8 Å². The molecule has 2 aliphatic heterocycles. The molecule has 2 amide bonds. The van der Waals surface area contributed by atoms with E-state index >= 15 is 0 Å². The first kappa shape index (κ1) is 18.6. The van der Waals surface area contributed by atoms with Crippen LogP contribution in [0.4, 0.5) is 10.5 Å². The van der Waals surface area contributed by atoms with Crippen molar-refractivity contribution in [3.05, 3.63) is 48.0 Å². The van der Waals surface area contributed by atoms with Crippen molar-refractivity contribution in [1.82, 2.24) is 4.90 Å². The van der Waals surface area contributed by atoms with Crippen LogP contribution in [-0.2, 0) is 9.84 Å². The van der Waals surface area contributed by atoms with Crippen LogP contribution in [0.1, 0.15) is 24.4 Å². The topological polar surface area (TPSA) is 84.9 Å². The third-order valence-electron chi connectivity index (χ3n) is 5.00. The van der Waals surface area contributed by atoms with Crippen LogP contribution in [0.2, 0.25) is 0 Å². The molecule has 0 aromatic heterocycles. The number of fused-ring (bicyclic) bond motifs is 1. The van der Waals surface area contributed by atoms with Gasteiger partial charge in [0, 0.05) is 18.5 Å². The zero-order valence-electron chi connectivity index (χ0n) is 15.6. The Bertz CT molecular complexity index is 988. The van der Waals surface area contributed by atoms with E-state index in [0.29, 0.717) is 31.2 Å². The summed E-state index contributed by atoms with van der Waals surface area (Å²) in [6, 6.07) is 11.8. The molecule has 4 rings (SSSR count). The molecule has 1 fully saturated rings. The first-order chi connectivity index (χ1) is 13.4. The molecule has 28 heavy (non-hydrogen) atoms. The lowest BCUT2D eigenvalue weighted by atomic mass is 10.0. The number of carbonyl (C=O) groups excluding carboxylic acids is 1. The van der Waals surface area contributed by atoms with E-state index < -0.39 is 9.84 Å². The molecule has 1 saturated heterocycles. The normalized spacial score (nSPS) is 18.8. The molecular formula is C20H22N2O5S. The van der Waals surface area contributed by atoms with Gasteiger partial charge >= 0.3 is 6.03 Å². The Hall–Kier alpha value is -2.74. The van der Waals surface area contributed by atoms with Crippen molar-refractivity contribution >= 4 is 21.6 Å². The second kappa shape index (κ2) is 7.35. The van der Waals surface area contributed by atoms with E-state index in [2.05, 4.69) is 5.32 Å². The molecule has 0 radical (unpaired) electrons. The van der Waals surface area contributed by atoms with Crippen LogP contribution in [0, 0.1) is 0 Å². The van der Waals surface area contributed by atoms with E-state index in [0.717, 1.165) is 30.4 Å². The number of urea groups is 1. The Labute approximate surface area is 164 Å². The van der Waals surface area contributed by atoms with Gasteiger partial charge in [0.2, 0.25) is 0 Å². The smallest absolute Gasteiger partial charge is 0.322 e. The van der Waals surface area contributed by atoms with Crippen molar-refractivity contribution in [2.75, 3.05) is 31.3 Å². The van der Waals surface area contributed by atoms with E-state index in [4.69, 9.17) is 9.47 Å². The average molecular weight is 402 g/mol. The molecule has 0 aliphatic carbocycles. The summed E-state index contributed by atoms with van der Waals surface area (Å²) in [7, 11) is -3.26. The zero-order chi connectivity index (χ0) is 19.7. The monoisotopic (exact) mass is 402 g/mol. The van der Waals surface area contributed by atoms with Crippen LogP contribution in [0.3, 0.4) is 0 Å². The van der Waals surface area contributed by atoms with Crippen LogP contribution in [0.15, 0.2) is 47.4 Å². The standard InChI is InChI=1S/C20H22N2O5S/c1-28(24,25)16-7-5-15(6-8-16)21-20(23)22-10-2-3-17(22)14-4-9-18-19(13-14)27-12-11-26-18/h4-9,13,17H,2-3,10-12H2,1H3,(H,21,23)/t17-/m0/s1. The van der Waals surface area contributed by atoms with Crippen LogP contribution >= 0.6 is 0 Å². The highest BCUT2D eigenvalue weighted by Gasteiger charge is 2.31. The van der Waals surface area contributed by atoms with Crippen LogP contribution in [0.25, 0.3) is 0 Å². The molecule has 2 aromatic carbocycles. The fourth-order valence-electron chi connectivity index (χ4n) is 3.60. The van der Waals surface area contributed by atoms with Crippen LogP contribution in [-0.4, -0.2) is 45.4 Å². The van der Waals surface area contributed by atoms with Crippen molar-refractivity contribution in [2.45, 2.75) is 23.8 Å². The Kier molecular flexibility index (Phi) is 4.89. The lowest BCUT2D eigenvalue weighted by Gasteiger charge is -2.27. The highest BCUT2D eigenvalue weighted by molar-refractivity contribution is 7.90. The predicted octanol–water partition coefficient (Wildman–Crippen LogP) is 3.23. The first-order valence-electron chi connectivity index (χ1n) is 9.19. The number of ether oxygens (including phenoxy) is 2. The number of nitrogens with zero attached hydrogens (tertiary/aromatic N) is 1.